The molecule has 0 spiro atoms. The summed E-state index contributed by atoms with van der Waals surface area (Å²) in [5.74, 6) is 1.80. The number of halogens is 1. The minimum Gasteiger partial charge on any atom is -0.484 e. The molecular weight excluding hydrogens is 604 g/mol. The molecule has 5 rings (SSSR count). The Labute approximate surface area is 269 Å². The van der Waals surface area contributed by atoms with Crippen molar-refractivity contribution in [2.24, 2.45) is 0 Å². The second kappa shape index (κ2) is 16.1. The molecule has 1 atom stereocenters. The second-order valence-electron chi connectivity index (χ2n) is 11.1. The van der Waals surface area contributed by atoms with E-state index in [0.29, 0.717) is 47.4 Å². The van der Waals surface area contributed by atoms with E-state index < -0.39 is 6.10 Å². The average molecular weight is 645 g/mol. The molecule has 1 saturated heterocycles. The Balaban J connectivity index is 0.00000442. The van der Waals surface area contributed by atoms with Crippen LogP contribution in [-0.4, -0.2) is 81.6 Å². The highest BCUT2D eigenvalue weighted by Crippen LogP contribution is 2.34. The summed E-state index contributed by atoms with van der Waals surface area (Å²) in [4.78, 5) is 37.3. The molecule has 13 heteroatoms. The number of oxazole rings is 1. The molecule has 2 aliphatic rings. The predicted octanol–water partition coefficient (Wildman–Crippen LogP) is 3.77. The number of carbonyl (C=O) groups is 2. The van der Waals surface area contributed by atoms with Gasteiger partial charge >= 0.3 is 0 Å². The van der Waals surface area contributed by atoms with Crippen LogP contribution in [0.2, 0.25) is 5.02 Å². The first kappa shape index (κ1) is 33.6. The van der Waals surface area contributed by atoms with Crippen molar-refractivity contribution in [1.29, 1.82) is 0 Å². The van der Waals surface area contributed by atoms with Crippen molar-refractivity contribution in [3.8, 4) is 5.75 Å². The van der Waals surface area contributed by atoms with Gasteiger partial charge in [0.15, 0.2) is 12.2 Å². The lowest BCUT2D eigenvalue weighted by atomic mass is 9.99. The number of benzene rings is 1. The van der Waals surface area contributed by atoms with Gasteiger partial charge < -0.3 is 29.8 Å². The Kier molecular flexibility index (Phi) is 12.3. The molecule has 3 aromatic rings. The highest BCUT2D eigenvalue weighted by Gasteiger charge is 2.24. The van der Waals surface area contributed by atoms with E-state index in [1.54, 1.807) is 24.5 Å². The maximum atomic E-state index is 12.9. The van der Waals surface area contributed by atoms with Crippen molar-refractivity contribution in [2.75, 3.05) is 38.0 Å². The Morgan fingerprint density at radius 1 is 1.23 bits per heavy atom. The Hall–Kier alpha value is -3.32. The monoisotopic (exact) mass is 644 g/mol. The number of anilines is 1. The zero-order valence-corrected chi connectivity index (χ0v) is 26.7. The van der Waals surface area contributed by atoms with E-state index in [0.717, 1.165) is 56.4 Å². The fourth-order valence-corrected chi connectivity index (χ4v) is 5.89. The molecule has 238 valence electrons. The number of carbonyl (C=O) groups excluding carboxylic acids is 2. The van der Waals surface area contributed by atoms with Crippen LogP contribution in [0.4, 0.5) is 5.82 Å². The van der Waals surface area contributed by atoms with Gasteiger partial charge in [-0.2, -0.15) is 13.5 Å². The van der Waals surface area contributed by atoms with Crippen LogP contribution >= 0.6 is 25.1 Å². The van der Waals surface area contributed by atoms with Gasteiger partial charge in [-0.25, -0.2) is 9.97 Å². The van der Waals surface area contributed by atoms with Crippen molar-refractivity contribution < 1.29 is 23.8 Å². The fraction of sp³-hybridized carbons (Fsp3) is 0.484. The molecule has 44 heavy (non-hydrogen) atoms. The van der Waals surface area contributed by atoms with Gasteiger partial charge in [-0.1, -0.05) is 24.6 Å². The van der Waals surface area contributed by atoms with Gasteiger partial charge in [-0.3, -0.25) is 14.5 Å². The maximum absolute atomic E-state index is 12.9. The third-order valence-corrected chi connectivity index (χ3v) is 8.30. The normalized spacial score (nSPS) is 16.0. The highest BCUT2D eigenvalue weighted by atomic mass is 35.5. The van der Waals surface area contributed by atoms with Crippen LogP contribution in [0.3, 0.4) is 0 Å². The zero-order valence-electron chi connectivity index (χ0n) is 24.9. The number of hydrogen-bond acceptors (Lipinski definition) is 9. The van der Waals surface area contributed by atoms with E-state index in [-0.39, 0.29) is 44.5 Å². The van der Waals surface area contributed by atoms with Crippen LogP contribution < -0.4 is 15.4 Å². The first-order valence-electron chi connectivity index (χ1n) is 14.9. The number of ether oxygens (including phenoxy) is 1. The van der Waals surface area contributed by atoms with Gasteiger partial charge in [0.1, 0.15) is 18.2 Å². The van der Waals surface area contributed by atoms with Crippen LogP contribution in [0.5, 0.6) is 5.75 Å². The number of rotatable bonds is 12. The van der Waals surface area contributed by atoms with Crippen LogP contribution in [-0.2, 0) is 24.4 Å². The number of nitrogens with one attached hydrogen (secondary N) is 2. The summed E-state index contributed by atoms with van der Waals surface area (Å²) in [5.41, 5.74) is 2.62. The quantitative estimate of drug-likeness (QED) is 0.270. The number of aliphatic hydroxyl groups excluding tert-OH is 1. The van der Waals surface area contributed by atoms with E-state index in [2.05, 4.69) is 25.5 Å². The number of amides is 2. The van der Waals surface area contributed by atoms with Gasteiger partial charge in [0, 0.05) is 63.5 Å². The highest BCUT2D eigenvalue weighted by molar-refractivity contribution is 7.59. The lowest BCUT2D eigenvalue weighted by Crippen LogP contribution is -2.42. The lowest BCUT2D eigenvalue weighted by Gasteiger charge is -2.32. The Morgan fingerprint density at radius 2 is 2.05 bits per heavy atom. The van der Waals surface area contributed by atoms with Crippen LogP contribution in [0, 0.1) is 0 Å². The SMILES string of the molecule is CCCC(=O)N1CCC(Nc2cc(C(=O)NC[C@H](O)CN3CCc4c(ccc(OCc5cnco5)c4Cl)C3)ccn2)CC1.S. The van der Waals surface area contributed by atoms with Crippen molar-refractivity contribution in [3.05, 3.63) is 70.5 Å². The first-order valence-corrected chi connectivity index (χ1v) is 15.3. The summed E-state index contributed by atoms with van der Waals surface area (Å²) in [6.07, 6.45) is 7.70. The molecule has 1 fully saturated rings. The summed E-state index contributed by atoms with van der Waals surface area (Å²) in [7, 11) is 0. The van der Waals surface area contributed by atoms with Crippen LogP contribution in [0.25, 0.3) is 0 Å². The molecule has 2 aromatic heterocycles. The van der Waals surface area contributed by atoms with Crippen molar-refractivity contribution >= 4 is 42.7 Å². The third kappa shape index (κ3) is 8.87. The van der Waals surface area contributed by atoms with E-state index in [9.17, 15) is 14.7 Å². The number of β-amino-alcohol motifs (C(OH)–C–C–N with tert-alkyl or cyclic N) is 1. The largest absolute Gasteiger partial charge is 0.484 e. The summed E-state index contributed by atoms with van der Waals surface area (Å²) in [5, 5.41) is 17.6. The number of fused-ring (bicyclic) bond motifs is 1. The topological polar surface area (TPSA) is 133 Å². The van der Waals surface area contributed by atoms with Gasteiger partial charge in [0.05, 0.1) is 17.3 Å². The zero-order chi connectivity index (χ0) is 30.2. The Bertz CT molecular complexity index is 1390. The standard InChI is InChI=1S/C31H39ClN6O5.H2S/c1-2-3-29(40)38-12-7-23(8-13-38)36-28-14-21(6-10-34-28)31(41)35-15-24(39)18-37-11-9-26-22(17-37)4-5-27(30(26)32)42-19-25-16-33-20-43-25;/h4-6,10,14,16,20,23-24,39H,2-3,7-9,11-13,15,17-19H2,1H3,(H,34,36)(H,35,41);1H2/t24-;/m0./s1. The third-order valence-electron chi connectivity index (χ3n) is 7.88. The molecule has 0 radical (unpaired) electrons. The maximum Gasteiger partial charge on any atom is 0.251 e. The smallest absolute Gasteiger partial charge is 0.251 e. The first-order chi connectivity index (χ1) is 20.9. The van der Waals surface area contributed by atoms with Crippen molar-refractivity contribution in [2.45, 2.75) is 64.3 Å². The molecular formula is C31H41ClN6O5S. The second-order valence-corrected chi connectivity index (χ2v) is 11.5. The lowest BCUT2D eigenvalue weighted by molar-refractivity contribution is -0.132. The van der Waals surface area contributed by atoms with Gasteiger partial charge in [0.2, 0.25) is 5.91 Å². The number of aromatic nitrogens is 2. The summed E-state index contributed by atoms with van der Waals surface area (Å²) >= 11 is 6.65. The van der Waals surface area contributed by atoms with E-state index >= 15 is 0 Å². The molecule has 11 nitrogen and oxygen atoms in total. The molecule has 1 aromatic carbocycles. The van der Waals surface area contributed by atoms with Crippen molar-refractivity contribution in [3.63, 3.8) is 0 Å². The number of hydrogen-bond donors (Lipinski definition) is 3. The van der Waals surface area contributed by atoms with Gasteiger partial charge in [-0.05, 0) is 55.0 Å². The van der Waals surface area contributed by atoms with Crippen molar-refractivity contribution in [1.82, 2.24) is 25.1 Å². The summed E-state index contributed by atoms with van der Waals surface area (Å²) in [6.45, 7) is 5.65. The van der Waals surface area contributed by atoms with E-state index in [1.165, 1.54) is 6.39 Å². The number of piperidine rings is 1. The molecule has 4 heterocycles. The number of likely N-dealkylation sites (tertiary alicyclic amines) is 1. The molecule has 2 amide bonds. The van der Waals surface area contributed by atoms with E-state index in [1.807, 2.05) is 24.0 Å². The molecule has 2 aliphatic heterocycles. The summed E-state index contributed by atoms with van der Waals surface area (Å²) < 4.78 is 11.0. The number of nitrogens with zero attached hydrogens (tertiary/aromatic N) is 4. The minimum absolute atomic E-state index is 0. The van der Waals surface area contributed by atoms with Gasteiger partial charge in [-0.15, -0.1) is 0 Å². The van der Waals surface area contributed by atoms with Crippen LogP contribution in [0.1, 0.15) is 59.9 Å². The fourth-order valence-electron chi connectivity index (χ4n) is 5.56. The van der Waals surface area contributed by atoms with Gasteiger partial charge in [0.25, 0.3) is 5.91 Å². The predicted molar refractivity (Wildman–Crippen MR) is 172 cm³/mol. The molecule has 0 bridgehead atoms. The molecule has 0 aliphatic carbocycles. The molecule has 3 N–H and O–H groups in total. The molecule has 0 unspecified atom stereocenters. The summed E-state index contributed by atoms with van der Waals surface area (Å²) in [6, 6.07) is 7.44. The van der Waals surface area contributed by atoms with Crippen LogP contribution in [0.15, 0.2) is 47.5 Å². The number of pyridine rings is 1. The van der Waals surface area contributed by atoms with E-state index in [4.69, 9.17) is 20.8 Å². The molecule has 0 saturated carbocycles. The minimum atomic E-state index is -0.731. The average Bonchev–Trinajstić information content (AvgIpc) is 3.54. The number of aliphatic hydroxyl groups is 1. The Morgan fingerprint density at radius 3 is 2.80 bits per heavy atom.